The van der Waals surface area contributed by atoms with Crippen molar-refractivity contribution < 1.29 is 8.78 Å². The summed E-state index contributed by atoms with van der Waals surface area (Å²) in [5, 5.41) is 2.84. The molecule has 0 amide bonds. The molecule has 1 aromatic rings. The molecule has 0 aromatic heterocycles. The smallest absolute Gasteiger partial charge is 0.264 e. The van der Waals surface area contributed by atoms with Crippen LogP contribution < -0.4 is 5.32 Å². The highest BCUT2D eigenvalue weighted by Gasteiger charge is 2.47. The Morgan fingerprint density at radius 3 is 2.55 bits per heavy atom. The van der Waals surface area contributed by atoms with Gasteiger partial charge in [-0.3, -0.25) is 4.90 Å². The summed E-state index contributed by atoms with van der Waals surface area (Å²) < 4.78 is 28.1. The third kappa shape index (κ3) is 3.01. The van der Waals surface area contributed by atoms with E-state index in [1.165, 1.54) is 5.56 Å². The summed E-state index contributed by atoms with van der Waals surface area (Å²) >= 11 is 0. The number of nitrogens with zero attached hydrogens (tertiary/aromatic N) is 1. The molecule has 20 heavy (non-hydrogen) atoms. The van der Waals surface area contributed by atoms with Crippen molar-refractivity contribution in [2.45, 2.75) is 50.2 Å². The molecule has 0 radical (unpaired) electrons. The van der Waals surface area contributed by atoms with Gasteiger partial charge in [-0.2, -0.15) is 0 Å². The molecule has 0 bridgehead atoms. The molecule has 112 valence electrons. The SMILES string of the molecule is CNC1C(N(C)C(C)c2ccccc2)CCCC1(F)F. The number of halogens is 2. The molecular formula is C16H24F2N2. The zero-order chi connectivity index (χ0) is 14.8. The van der Waals surface area contributed by atoms with E-state index in [1.807, 2.05) is 25.2 Å². The van der Waals surface area contributed by atoms with Crippen LogP contribution in [0.1, 0.15) is 37.8 Å². The minimum Gasteiger partial charge on any atom is -0.310 e. The van der Waals surface area contributed by atoms with Gasteiger partial charge in [-0.25, -0.2) is 8.78 Å². The van der Waals surface area contributed by atoms with Crippen molar-refractivity contribution in [3.63, 3.8) is 0 Å². The van der Waals surface area contributed by atoms with E-state index in [0.717, 1.165) is 6.42 Å². The van der Waals surface area contributed by atoms with Crippen LogP contribution in [0.5, 0.6) is 0 Å². The molecule has 2 nitrogen and oxygen atoms in total. The summed E-state index contributed by atoms with van der Waals surface area (Å²) in [6.45, 7) is 2.08. The Labute approximate surface area is 120 Å². The largest absolute Gasteiger partial charge is 0.310 e. The fraction of sp³-hybridized carbons (Fsp3) is 0.625. The first-order valence-corrected chi connectivity index (χ1v) is 7.29. The Balaban J connectivity index is 2.17. The number of hydrogen-bond acceptors (Lipinski definition) is 2. The van der Waals surface area contributed by atoms with Gasteiger partial charge in [0.05, 0.1) is 6.04 Å². The van der Waals surface area contributed by atoms with Gasteiger partial charge in [-0.1, -0.05) is 30.3 Å². The average Bonchev–Trinajstić information content (AvgIpc) is 2.45. The molecule has 1 N–H and O–H groups in total. The number of hydrogen-bond donors (Lipinski definition) is 1. The fourth-order valence-electron chi connectivity index (χ4n) is 3.25. The number of likely N-dealkylation sites (N-methyl/N-ethyl adjacent to an activating group) is 2. The molecule has 3 unspecified atom stereocenters. The first kappa shape index (κ1) is 15.4. The van der Waals surface area contributed by atoms with Crippen LogP contribution in [0.4, 0.5) is 8.78 Å². The fourth-order valence-corrected chi connectivity index (χ4v) is 3.25. The minimum atomic E-state index is -2.62. The quantitative estimate of drug-likeness (QED) is 0.910. The van der Waals surface area contributed by atoms with Crippen LogP contribution in [-0.2, 0) is 0 Å². The van der Waals surface area contributed by atoms with E-state index < -0.39 is 12.0 Å². The van der Waals surface area contributed by atoms with Gasteiger partial charge in [0.15, 0.2) is 0 Å². The number of nitrogens with one attached hydrogen (secondary N) is 1. The van der Waals surface area contributed by atoms with Crippen LogP contribution in [0, 0.1) is 0 Å². The Morgan fingerprint density at radius 1 is 1.30 bits per heavy atom. The molecule has 0 aliphatic heterocycles. The lowest BCUT2D eigenvalue weighted by Gasteiger charge is -2.44. The Hall–Kier alpha value is -1.00. The van der Waals surface area contributed by atoms with Crippen LogP contribution in [-0.4, -0.2) is 37.0 Å². The zero-order valence-corrected chi connectivity index (χ0v) is 12.4. The van der Waals surface area contributed by atoms with E-state index in [4.69, 9.17) is 0 Å². The third-order valence-corrected chi connectivity index (χ3v) is 4.58. The van der Waals surface area contributed by atoms with Gasteiger partial charge < -0.3 is 5.32 Å². The first-order chi connectivity index (χ1) is 9.47. The highest BCUT2D eigenvalue weighted by Crippen LogP contribution is 2.37. The topological polar surface area (TPSA) is 15.3 Å². The molecule has 1 aliphatic rings. The second kappa shape index (κ2) is 6.19. The van der Waals surface area contributed by atoms with Gasteiger partial charge in [0.25, 0.3) is 5.92 Å². The van der Waals surface area contributed by atoms with Crippen LogP contribution >= 0.6 is 0 Å². The maximum Gasteiger partial charge on any atom is 0.264 e. The van der Waals surface area contributed by atoms with E-state index in [9.17, 15) is 8.78 Å². The molecule has 1 aromatic carbocycles. The molecule has 3 atom stereocenters. The molecule has 2 rings (SSSR count). The highest BCUT2D eigenvalue weighted by molar-refractivity contribution is 5.18. The van der Waals surface area contributed by atoms with Gasteiger partial charge >= 0.3 is 0 Å². The molecule has 1 aliphatic carbocycles. The second-order valence-electron chi connectivity index (χ2n) is 5.74. The van der Waals surface area contributed by atoms with Crippen LogP contribution in [0.3, 0.4) is 0 Å². The summed E-state index contributed by atoms with van der Waals surface area (Å²) in [6, 6.07) is 9.28. The normalized spacial score (nSPS) is 27.5. The van der Waals surface area contributed by atoms with E-state index in [-0.39, 0.29) is 18.5 Å². The number of benzene rings is 1. The molecule has 1 saturated carbocycles. The van der Waals surface area contributed by atoms with Crippen molar-refractivity contribution in [2.75, 3.05) is 14.1 Å². The molecule has 1 fully saturated rings. The minimum absolute atomic E-state index is 0.0113. The standard InChI is InChI=1S/C16H24F2N2/c1-12(13-8-5-4-6-9-13)20(3)14-10-7-11-16(17,18)15(14)19-2/h4-6,8-9,12,14-15,19H,7,10-11H2,1-3H3. The van der Waals surface area contributed by atoms with Gasteiger partial charge in [0.1, 0.15) is 0 Å². The van der Waals surface area contributed by atoms with E-state index in [1.54, 1.807) is 7.05 Å². The van der Waals surface area contributed by atoms with Crippen molar-refractivity contribution in [1.82, 2.24) is 10.2 Å². The van der Waals surface area contributed by atoms with Crippen molar-refractivity contribution in [3.05, 3.63) is 35.9 Å². The van der Waals surface area contributed by atoms with Crippen molar-refractivity contribution in [3.8, 4) is 0 Å². The summed E-state index contributed by atoms with van der Waals surface area (Å²) in [5.41, 5.74) is 1.17. The number of rotatable bonds is 4. The molecule has 4 heteroatoms. The average molecular weight is 282 g/mol. The van der Waals surface area contributed by atoms with Crippen molar-refractivity contribution >= 4 is 0 Å². The molecule has 0 heterocycles. The van der Waals surface area contributed by atoms with Gasteiger partial charge in [-0.05, 0) is 39.4 Å². The molecule has 0 saturated heterocycles. The van der Waals surface area contributed by atoms with E-state index in [0.29, 0.717) is 6.42 Å². The van der Waals surface area contributed by atoms with Crippen molar-refractivity contribution in [1.29, 1.82) is 0 Å². The Bertz CT molecular complexity index is 422. The lowest BCUT2D eigenvalue weighted by Crippen LogP contribution is -2.59. The lowest BCUT2D eigenvalue weighted by molar-refractivity contribution is -0.0940. The van der Waals surface area contributed by atoms with Crippen molar-refractivity contribution in [2.24, 2.45) is 0 Å². The van der Waals surface area contributed by atoms with Crippen LogP contribution in [0.2, 0.25) is 0 Å². The highest BCUT2D eigenvalue weighted by atomic mass is 19.3. The van der Waals surface area contributed by atoms with E-state index >= 15 is 0 Å². The summed E-state index contributed by atoms with van der Waals surface area (Å²) in [5.74, 6) is -2.62. The predicted molar refractivity (Wildman–Crippen MR) is 78.1 cm³/mol. The number of alkyl halides is 2. The Kier molecular flexibility index (Phi) is 4.76. The zero-order valence-electron chi connectivity index (χ0n) is 12.4. The molecule has 0 spiro atoms. The summed E-state index contributed by atoms with van der Waals surface area (Å²) in [6.07, 6.45) is 1.39. The van der Waals surface area contributed by atoms with Gasteiger partial charge in [0.2, 0.25) is 0 Å². The lowest BCUT2D eigenvalue weighted by atomic mass is 9.85. The molecular weight excluding hydrogens is 258 g/mol. The second-order valence-corrected chi connectivity index (χ2v) is 5.74. The van der Waals surface area contributed by atoms with Gasteiger partial charge in [0, 0.05) is 18.5 Å². The predicted octanol–water partition coefficient (Wildman–Crippen LogP) is 3.46. The monoisotopic (exact) mass is 282 g/mol. The summed E-state index contributed by atoms with van der Waals surface area (Å²) in [4.78, 5) is 2.09. The maximum absolute atomic E-state index is 14.1. The first-order valence-electron chi connectivity index (χ1n) is 7.29. The van der Waals surface area contributed by atoms with Crippen LogP contribution in [0.25, 0.3) is 0 Å². The third-order valence-electron chi connectivity index (χ3n) is 4.58. The van der Waals surface area contributed by atoms with Crippen LogP contribution in [0.15, 0.2) is 30.3 Å². The maximum atomic E-state index is 14.1. The van der Waals surface area contributed by atoms with Gasteiger partial charge in [-0.15, -0.1) is 0 Å². The van der Waals surface area contributed by atoms with E-state index in [2.05, 4.69) is 29.3 Å². The Morgan fingerprint density at radius 2 is 1.95 bits per heavy atom. The summed E-state index contributed by atoms with van der Waals surface area (Å²) in [7, 11) is 3.59.